The maximum absolute atomic E-state index is 13.9. The standard InChI is InChI=1S/C25H32F2N6S/c1-4-17(25(3,26)27)9-11-29-22-19(14(2)31-24(33-22)30-13-15-5-6-15)23-32-21-18(34-23)10-12-28-20(21)16-7-8-16/h10,12,15-17H,4-9,11,13H2,1-3H3,(H2,29,30,31,33). The Hall–Kier alpha value is -2.42. The van der Waals surface area contributed by atoms with Crippen LogP contribution in [0.25, 0.3) is 20.8 Å². The third-order valence-corrected chi connectivity index (χ3v) is 7.88. The highest BCUT2D eigenvalue weighted by Crippen LogP contribution is 2.44. The Balaban J connectivity index is 1.46. The second kappa shape index (κ2) is 9.32. The molecule has 0 spiro atoms. The van der Waals surface area contributed by atoms with E-state index >= 15 is 0 Å². The lowest BCUT2D eigenvalue weighted by Crippen LogP contribution is -2.26. The Bertz CT molecular complexity index is 1170. The number of nitrogens with zero attached hydrogens (tertiary/aromatic N) is 4. The van der Waals surface area contributed by atoms with E-state index < -0.39 is 11.8 Å². The Morgan fingerprint density at radius 1 is 1.15 bits per heavy atom. The van der Waals surface area contributed by atoms with E-state index in [1.165, 1.54) is 12.8 Å². The molecule has 0 amide bonds. The summed E-state index contributed by atoms with van der Waals surface area (Å²) >= 11 is 1.61. The number of alkyl halides is 2. The minimum Gasteiger partial charge on any atom is -0.369 e. The molecule has 34 heavy (non-hydrogen) atoms. The summed E-state index contributed by atoms with van der Waals surface area (Å²) in [4.78, 5) is 19.1. The van der Waals surface area contributed by atoms with Gasteiger partial charge in [0.1, 0.15) is 16.3 Å². The molecule has 182 valence electrons. The first kappa shape index (κ1) is 23.3. The van der Waals surface area contributed by atoms with Crippen molar-refractivity contribution in [3.05, 3.63) is 23.7 Å². The van der Waals surface area contributed by atoms with Crippen molar-refractivity contribution >= 4 is 33.3 Å². The van der Waals surface area contributed by atoms with Gasteiger partial charge >= 0.3 is 0 Å². The minimum atomic E-state index is -2.70. The van der Waals surface area contributed by atoms with Gasteiger partial charge in [0.15, 0.2) is 0 Å². The minimum absolute atomic E-state index is 0.364. The monoisotopic (exact) mass is 486 g/mol. The van der Waals surface area contributed by atoms with Crippen molar-refractivity contribution in [1.29, 1.82) is 0 Å². The fourth-order valence-electron chi connectivity index (χ4n) is 4.41. The zero-order valence-electron chi connectivity index (χ0n) is 20.0. The van der Waals surface area contributed by atoms with Gasteiger partial charge < -0.3 is 10.6 Å². The third-order valence-electron chi connectivity index (χ3n) is 6.84. The summed E-state index contributed by atoms with van der Waals surface area (Å²) < 4.78 is 28.9. The van der Waals surface area contributed by atoms with Crippen LogP contribution in [0.15, 0.2) is 12.3 Å². The molecule has 0 radical (unpaired) electrons. The molecule has 6 nitrogen and oxygen atoms in total. The first-order chi connectivity index (χ1) is 16.3. The quantitative estimate of drug-likeness (QED) is 0.316. The molecular formula is C25H32F2N6S. The van der Waals surface area contributed by atoms with Gasteiger partial charge in [0, 0.05) is 31.1 Å². The first-order valence-electron chi connectivity index (χ1n) is 12.3. The predicted octanol–water partition coefficient (Wildman–Crippen LogP) is 6.64. The maximum Gasteiger partial charge on any atom is 0.248 e. The number of fused-ring (bicyclic) bond motifs is 1. The van der Waals surface area contributed by atoms with E-state index in [1.807, 2.05) is 26.1 Å². The number of aromatic nitrogens is 4. The van der Waals surface area contributed by atoms with Crippen LogP contribution < -0.4 is 10.6 Å². The molecule has 0 bridgehead atoms. The molecule has 3 aromatic rings. The normalized spacial score (nSPS) is 17.2. The topological polar surface area (TPSA) is 75.6 Å². The van der Waals surface area contributed by atoms with Crippen LogP contribution in [0.1, 0.15) is 69.7 Å². The second-order valence-electron chi connectivity index (χ2n) is 9.79. The van der Waals surface area contributed by atoms with Crippen LogP contribution in [0, 0.1) is 18.8 Å². The van der Waals surface area contributed by atoms with Crippen LogP contribution in [0.4, 0.5) is 20.5 Å². The molecule has 1 unspecified atom stereocenters. The summed E-state index contributed by atoms with van der Waals surface area (Å²) in [5.74, 6) is -0.950. The van der Waals surface area contributed by atoms with Crippen molar-refractivity contribution in [2.24, 2.45) is 11.8 Å². The molecule has 2 N–H and O–H groups in total. The molecule has 9 heteroatoms. The van der Waals surface area contributed by atoms with E-state index in [1.54, 1.807) is 11.3 Å². The summed E-state index contributed by atoms with van der Waals surface area (Å²) in [5, 5.41) is 7.54. The number of rotatable bonds is 11. The van der Waals surface area contributed by atoms with E-state index in [4.69, 9.17) is 15.0 Å². The molecular weight excluding hydrogens is 454 g/mol. The SMILES string of the molecule is CCC(CCNc1nc(NCC2CC2)nc(C)c1-c1nc2c(C3CC3)nccc2s1)C(C)(F)F. The van der Waals surface area contributed by atoms with Gasteiger partial charge in [-0.25, -0.2) is 18.7 Å². The Morgan fingerprint density at radius 2 is 1.94 bits per heavy atom. The Labute approximate surface area is 203 Å². The predicted molar refractivity (Wildman–Crippen MR) is 134 cm³/mol. The molecule has 2 fully saturated rings. The molecule has 3 aromatic heterocycles. The highest BCUT2D eigenvalue weighted by Gasteiger charge is 2.32. The average Bonchev–Trinajstić information content (AvgIpc) is 3.71. The summed E-state index contributed by atoms with van der Waals surface area (Å²) in [6, 6.07) is 2.01. The van der Waals surface area contributed by atoms with Crippen LogP contribution >= 0.6 is 11.3 Å². The third kappa shape index (κ3) is 5.14. The lowest BCUT2D eigenvalue weighted by atomic mass is 9.96. The number of hydrogen-bond donors (Lipinski definition) is 2. The Morgan fingerprint density at radius 3 is 2.62 bits per heavy atom. The summed E-state index contributed by atoms with van der Waals surface area (Å²) in [7, 11) is 0. The van der Waals surface area contributed by atoms with E-state index in [-0.39, 0.29) is 0 Å². The van der Waals surface area contributed by atoms with Crippen LogP contribution in [-0.2, 0) is 0 Å². The molecule has 2 aliphatic rings. The highest BCUT2D eigenvalue weighted by atomic mass is 32.1. The number of anilines is 2. The van der Waals surface area contributed by atoms with Gasteiger partial charge in [0.25, 0.3) is 0 Å². The van der Waals surface area contributed by atoms with Gasteiger partial charge in [0.2, 0.25) is 11.9 Å². The summed E-state index contributed by atoms with van der Waals surface area (Å²) in [5.41, 5.74) is 3.70. The number of pyridine rings is 1. The molecule has 3 heterocycles. The Kier molecular flexibility index (Phi) is 6.39. The number of thiazole rings is 1. The molecule has 0 aliphatic heterocycles. The van der Waals surface area contributed by atoms with Crippen LogP contribution in [-0.4, -0.2) is 38.9 Å². The number of hydrogen-bond acceptors (Lipinski definition) is 7. The van der Waals surface area contributed by atoms with E-state index in [0.717, 1.165) is 58.5 Å². The average molecular weight is 487 g/mol. The van der Waals surface area contributed by atoms with Crippen molar-refractivity contribution < 1.29 is 8.78 Å². The van der Waals surface area contributed by atoms with Crippen LogP contribution in [0.3, 0.4) is 0 Å². The molecule has 0 saturated heterocycles. The summed E-state index contributed by atoms with van der Waals surface area (Å²) in [6.07, 6.45) is 7.46. The van der Waals surface area contributed by atoms with Gasteiger partial charge in [0.05, 0.1) is 21.7 Å². The zero-order chi connectivity index (χ0) is 23.9. The number of aryl methyl sites for hydroxylation is 1. The van der Waals surface area contributed by atoms with Gasteiger partial charge in [-0.15, -0.1) is 11.3 Å². The maximum atomic E-state index is 13.9. The molecule has 5 rings (SSSR count). The van der Waals surface area contributed by atoms with Gasteiger partial charge in [-0.05, 0) is 64.4 Å². The second-order valence-corrected chi connectivity index (χ2v) is 10.8. The van der Waals surface area contributed by atoms with Crippen LogP contribution in [0.5, 0.6) is 0 Å². The molecule has 0 aromatic carbocycles. The first-order valence-corrected chi connectivity index (χ1v) is 13.1. The molecule has 2 aliphatic carbocycles. The fraction of sp³-hybridized carbons (Fsp3) is 0.600. The van der Waals surface area contributed by atoms with Crippen molar-refractivity contribution in [3.63, 3.8) is 0 Å². The number of halogens is 2. The van der Waals surface area contributed by atoms with Crippen molar-refractivity contribution in [1.82, 2.24) is 19.9 Å². The summed E-state index contributed by atoms with van der Waals surface area (Å²) in [6.45, 7) is 6.05. The van der Waals surface area contributed by atoms with E-state index in [2.05, 4.69) is 15.6 Å². The fourth-order valence-corrected chi connectivity index (χ4v) is 5.48. The van der Waals surface area contributed by atoms with E-state index in [0.29, 0.717) is 43.0 Å². The van der Waals surface area contributed by atoms with Crippen molar-refractivity contribution in [2.75, 3.05) is 23.7 Å². The zero-order valence-corrected chi connectivity index (χ0v) is 20.8. The van der Waals surface area contributed by atoms with Gasteiger partial charge in [-0.1, -0.05) is 6.92 Å². The van der Waals surface area contributed by atoms with Gasteiger partial charge in [-0.2, -0.15) is 4.98 Å². The van der Waals surface area contributed by atoms with Gasteiger partial charge in [-0.3, -0.25) is 4.98 Å². The lowest BCUT2D eigenvalue weighted by molar-refractivity contribution is -0.0428. The smallest absolute Gasteiger partial charge is 0.248 e. The molecule has 1 atom stereocenters. The van der Waals surface area contributed by atoms with Crippen LogP contribution in [0.2, 0.25) is 0 Å². The van der Waals surface area contributed by atoms with E-state index in [9.17, 15) is 8.78 Å². The van der Waals surface area contributed by atoms with Crippen molar-refractivity contribution in [2.45, 2.75) is 71.1 Å². The largest absolute Gasteiger partial charge is 0.369 e. The van der Waals surface area contributed by atoms with Crippen molar-refractivity contribution in [3.8, 4) is 10.6 Å². The lowest BCUT2D eigenvalue weighted by Gasteiger charge is -2.22. The number of nitrogens with one attached hydrogen (secondary N) is 2. The highest BCUT2D eigenvalue weighted by molar-refractivity contribution is 7.21. The molecule has 2 saturated carbocycles.